The third-order valence-corrected chi connectivity index (χ3v) is 6.58. The number of benzene rings is 2. The van der Waals surface area contributed by atoms with Crippen molar-refractivity contribution in [3.8, 4) is 0 Å². The SMILES string of the molecule is CI.CSC1=NCCN1.Cc1ccccc1CN.Cc1ccccc1CNC1=NCCC1.S=C1NCCN1. The van der Waals surface area contributed by atoms with Gasteiger partial charge in [0.2, 0.25) is 0 Å². The van der Waals surface area contributed by atoms with Crippen LogP contribution in [0.2, 0.25) is 0 Å². The van der Waals surface area contributed by atoms with Gasteiger partial charge in [0.1, 0.15) is 0 Å². The highest BCUT2D eigenvalue weighted by Crippen LogP contribution is 2.08. The standard InChI is InChI=1S/C12H16N2.C8H11N.C4H8N2S.C3H6N2S.CH3I/c1-10-5-2-3-6-11(10)9-14-12-7-4-8-13-12;1-7-4-2-3-5-8(7)6-9;1-7-4-5-2-3-6-4;6-3-4-1-2-5-3;1-2/h2-3,5-6H,4,7-9H2,1H3,(H,13,14);2-5H,6,9H2,1H3;2-3H2,1H3,(H,5,6);1-2H2,(H2,4,5,6);1H3. The Bertz CT molecular complexity index is 991. The van der Waals surface area contributed by atoms with Crippen LogP contribution in [0.4, 0.5) is 0 Å². The molecule has 0 spiro atoms. The van der Waals surface area contributed by atoms with Crippen LogP contribution in [-0.4, -0.2) is 60.0 Å². The van der Waals surface area contributed by atoms with E-state index in [1.165, 1.54) is 34.5 Å². The van der Waals surface area contributed by atoms with Crippen LogP contribution in [-0.2, 0) is 13.1 Å². The highest BCUT2D eigenvalue weighted by molar-refractivity contribution is 14.1. The highest BCUT2D eigenvalue weighted by atomic mass is 127. The monoisotopic (exact) mass is 669 g/mol. The molecule has 10 heteroatoms. The Kier molecular flexibility index (Phi) is 19.7. The summed E-state index contributed by atoms with van der Waals surface area (Å²) in [5.41, 5.74) is 10.7. The van der Waals surface area contributed by atoms with Gasteiger partial charge in [-0.25, -0.2) is 0 Å². The Labute approximate surface area is 252 Å². The lowest BCUT2D eigenvalue weighted by Crippen LogP contribution is -2.20. The molecule has 0 aromatic heterocycles. The van der Waals surface area contributed by atoms with Crippen LogP contribution in [0.3, 0.4) is 0 Å². The van der Waals surface area contributed by atoms with Gasteiger partial charge in [0, 0.05) is 45.7 Å². The molecule has 0 atom stereocenters. The zero-order chi connectivity index (χ0) is 28.0. The van der Waals surface area contributed by atoms with Gasteiger partial charge in [0.15, 0.2) is 10.3 Å². The molecule has 1 fully saturated rings. The number of alkyl halides is 1. The van der Waals surface area contributed by atoms with E-state index in [9.17, 15) is 0 Å². The molecule has 2 aromatic rings. The normalized spacial score (nSPS) is 14.6. The van der Waals surface area contributed by atoms with Crippen molar-refractivity contribution in [2.75, 3.05) is 43.9 Å². The second-order valence-electron chi connectivity index (χ2n) is 8.34. The van der Waals surface area contributed by atoms with E-state index in [0.717, 1.165) is 56.0 Å². The summed E-state index contributed by atoms with van der Waals surface area (Å²) in [6, 6.07) is 16.6. The first kappa shape index (κ1) is 34.1. The summed E-state index contributed by atoms with van der Waals surface area (Å²) in [7, 11) is 0. The molecular weight excluding hydrogens is 625 g/mol. The molecule has 3 aliphatic heterocycles. The van der Waals surface area contributed by atoms with Crippen LogP contribution in [0.1, 0.15) is 35.1 Å². The van der Waals surface area contributed by atoms with Gasteiger partial charge in [-0.05, 0) is 65.9 Å². The van der Waals surface area contributed by atoms with Gasteiger partial charge in [-0.15, -0.1) is 0 Å². The molecule has 38 heavy (non-hydrogen) atoms. The van der Waals surface area contributed by atoms with Crippen LogP contribution < -0.4 is 27.0 Å². The number of hydrogen-bond donors (Lipinski definition) is 5. The molecule has 7 nitrogen and oxygen atoms in total. The van der Waals surface area contributed by atoms with E-state index in [-0.39, 0.29) is 0 Å². The maximum atomic E-state index is 5.45. The zero-order valence-electron chi connectivity index (χ0n) is 23.1. The summed E-state index contributed by atoms with van der Waals surface area (Å²) >= 11 is 8.52. The minimum absolute atomic E-state index is 0.646. The predicted molar refractivity (Wildman–Crippen MR) is 181 cm³/mol. The number of hydrogen-bond acceptors (Lipinski definition) is 7. The Morgan fingerprint density at radius 2 is 1.50 bits per heavy atom. The van der Waals surface area contributed by atoms with Crippen molar-refractivity contribution in [2.45, 2.75) is 39.8 Å². The molecule has 3 heterocycles. The average molecular weight is 670 g/mol. The van der Waals surface area contributed by atoms with Gasteiger partial charge >= 0.3 is 0 Å². The lowest BCUT2D eigenvalue weighted by atomic mass is 10.1. The van der Waals surface area contributed by atoms with Crippen LogP contribution in [0.25, 0.3) is 0 Å². The molecule has 0 bridgehead atoms. The van der Waals surface area contributed by atoms with Crippen LogP contribution in [0, 0.1) is 13.8 Å². The molecule has 1 saturated heterocycles. The number of nitrogens with two attached hydrogens (primary N) is 1. The van der Waals surface area contributed by atoms with Crippen molar-refractivity contribution in [1.29, 1.82) is 0 Å². The predicted octanol–water partition coefficient (Wildman–Crippen LogP) is 4.55. The fourth-order valence-electron chi connectivity index (χ4n) is 3.46. The summed E-state index contributed by atoms with van der Waals surface area (Å²) in [4.78, 5) is 10.5. The summed E-state index contributed by atoms with van der Waals surface area (Å²) in [5, 5.41) is 14.3. The smallest absolute Gasteiger partial charge is 0.166 e. The van der Waals surface area contributed by atoms with Crippen molar-refractivity contribution in [3.05, 3.63) is 70.8 Å². The molecule has 210 valence electrons. The van der Waals surface area contributed by atoms with Crippen LogP contribution >= 0.6 is 46.6 Å². The minimum atomic E-state index is 0.646. The van der Waals surface area contributed by atoms with E-state index >= 15 is 0 Å². The Morgan fingerprint density at radius 3 is 1.87 bits per heavy atom. The van der Waals surface area contributed by atoms with Crippen molar-refractivity contribution < 1.29 is 0 Å². The maximum Gasteiger partial charge on any atom is 0.166 e. The van der Waals surface area contributed by atoms with E-state index in [1.807, 2.05) is 23.3 Å². The van der Waals surface area contributed by atoms with Crippen molar-refractivity contribution >= 4 is 62.7 Å². The molecule has 0 saturated carbocycles. The number of halogens is 1. The van der Waals surface area contributed by atoms with Crippen LogP contribution in [0.5, 0.6) is 0 Å². The van der Waals surface area contributed by atoms with E-state index in [1.54, 1.807) is 11.8 Å². The third kappa shape index (κ3) is 14.9. The van der Waals surface area contributed by atoms with Crippen LogP contribution in [0.15, 0.2) is 58.5 Å². The Balaban J connectivity index is 0.000000262. The highest BCUT2D eigenvalue weighted by Gasteiger charge is 2.05. The van der Waals surface area contributed by atoms with Gasteiger partial charge in [-0.3, -0.25) is 9.98 Å². The lowest BCUT2D eigenvalue weighted by molar-refractivity contribution is 0.882. The topological polar surface area (TPSA) is 98.9 Å². The fourth-order valence-corrected chi connectivity index (χ4v) is 4.13. The molecular formula is C28H44IN7S2. The van der Waals surface area contributed by atoms with Crippen molar-refractivity contribution in [3.63, 3.8) is 0 Å². The van der Waals surface area contributed by atoms with Crippen molar-refractivity contribution in [1.82, 2.24) is 21.3 Å². The van der Waals surface area contributed by atoms with Gasteiger partial charge in [-0.1, -0.05) is 82.9 Å². The molecule has 0 radical (unpaired) electrons. The summed E-state index contributed by atoms with van der Waals surface area (Å²) in [6.45, 7) is 10.7. The average Bonchev–Trinajstić information content (AvgIpc) is 3.75. The van der Waals surface area contributed by atoms with E-state index in [4.69, 9.17) is 18.0 Å². The zero-order valence-corrected chi connectivity index (χ0v) is 26.9. The number of thiocarbonyl (C=S) groups is 1. The van der Waals surface area contributed by atoms with Gasteiger partial charge in [-0.2, -0.15) is 0 Å². The first-order valence-electron chi connectivity index (χ1n) is 12.8. The van der Waals surface area contributed by atoms with E-state index < -0.39 is 0 Å². The number of aliphatic imine (C=N–C) groups is 2. The summed E-state index contributed by atoms with van der Waals surface area (Å²) < 4.78 is 0. The van der Waals surface area contributed by atoms with Crippen molar-refractivity contribution in [2.24, 2.45) is 15.7 Å². The Hall–Kier alpha value is -1.89. The molecule has 6 N–H and O–H groups in total. The minimum Gasteiger partial charge on any atom is -0.370 e. The number of amidine groups is 2. The molecule has 0 aliphatic carbocycles. The lowest BCUT2D eigenvalue weighted by Gasteiger charge is -2.07. The first-order chi connectivity index (χ1) is 18.5. The largest absolute Gasteiger partial charge is 0.370 e. The van der Waals surface area contributed by atoms with E-state index in [2.05, 4.69) is 104 Å². The van der Waals surface area contributed by atoms with Gasteiger partial charge in [0.05, 0.1) is 12.4 Å². The van der Waals surface area contributed by atoms with Gasteiger partial charge in [0.25, 0.3) is 0 Å². The number of aryl methyl sites for hydroxylation is 2. The molecule has 0 amide bonds. The second-order valence-corrected chi connectivity index (χ2v) is 9.55. The second kappa shape index (κ2) is 22.0. The maximum absolute atomic E-state index is 5.45. The Morgan fingerprint density at radius 1 is 0.895 bits per heavy atom. The quantitative estimate of drug-likeness (QED) is 0.186. The number of thioether (sulfide) groups is 1. The molecule has 5 rings (SSSR count). The van der Waals surface area contributed by atoms with Gasteiger partial charge < -0.3 is 27.0 Å². The fraction of sp³-hybridized carbons (Fsp3) is 0.464. The summed E-state index contributed by atoms with van der Waals surface area (Å²) in [5.74, 6) is 1.17. The van der Waals surface area contributed by atoms with E-state index in [0.29, 0.717) is 6.54 Å². The number of nitrogens with zero attached hydrogens (tertiary/aromatic N) is 2. The number of rotatable bonds is 3. The third-order valence-electron chi connectivity index (χ3n) is 5.63. The summed E-state index contributed by atoms with van der Waals surface area (Å²) in [6.07, 6.45) is 4.35. The molecule has 0 unspecified atom stereocenters. The first-order valence-corrected chi connectivity index (χ1v) is 16.6. The molecule has 2 aromatic carbocycles. The molecule has 3 aliphatic rings. The number of nitrogens with one attached hydrogen (secondary N) is 4.